The Morgan fingerprint density at radius 2 is 1.67 bits per heavy atom. The minimum Gasteiger partial charge on any atom is -0.462 e. The Kier molecular flexibility index (Phi) is 7.19. The van der Waals surface area contributed by atoms with E-state index >= 15 is 0 Å². The van der Waals surface area contributed by atoms with E-state index in [1.165, 1.54) is 37.7 Å². The van der Waals surface area contributed by atoms with Crippen molar-refractivity contribution in [2.75, 3.05) is 19.7 Å². The molecule has 0 saturated carbocycles. The molecule has 2 heterocycles. The van der Waals surface area contributed by atoms with Crippen LogP contribution >= 0.6 is 0 Å². The number of esters is 1. The zero-order valence-electron chi connectivity index (χ0n) is 19.2. The molecule has 1 aliphatic heterocycles. The number of nitrogens with one attached hydrogen (secondary N) is 1. The Balaban J connectivity index is 1.33. The molecule has 1 aliphatic rings. The predicted molar refractivity (Wildman–Crippen MR) is 126 cm³/mol. The van der Waals surface area contributed by atoms with Gasteiger partial charge >= 0.3 is 5.97 Å². The number of carbonyl (C=O) groups is 2. The van der Waals surface area contributed by atoms with Crippen molar-refractivity contribution in [1.82, 2.24) is 20.0 Å². The zero-order valence-corrected chi connectivity index (χ0v) is 19.2. The first kappa shape index (κ1) is 22.7. The number of amides is 1. The Bertz CT molecular complexity index is 1100. The Morgan fingerprint density at radius 3 is 2.33 bits per heavy atom. The molecule has 3 aromatic rings. The molecule has 4 rings (SSSR count). The number of hydrogen-bond acceptors (Lipinski definition) is 5. The van der Waals surface area contributed by atoms with Crippen LogP contribution in [0.2, 0.25) is 0 Å². The summed E-state index contributed by atoms with van der Waals surface area (Å²) in [5.74, 6) is -0.520. The second-order valence-corrected chi connectivity index (χ2v) is 8.31. The predicted octanol–water partition coefficient (Wildman–Crippen LogP) is 3.88. The summed E-state index contributed by atoms with van der Waals surface area (Å²) in [6, 6.07) is 15.6. The molecule has 172 valence electrons. The van der Waals surface area contributed by atoms with Crippen molar-refractivity contribution in [3.05, 3.63) is 82.7 Å². The summed E-state index contributed by atoms with van der Waals surface area (Å²) in [4.78, 5) is 27.1. The lowest BCUT2D eigenvalue weighted by atomic mass is 10.1. The van der Waals surface area contributed by atoms with Crippen molar-refractivity contribution >= 4 is 11.9 Å². The normalized spacial score (nSPS) is 13.8. The number of likely N-dealkylation sites (tertiary alicyclic amines) is 1. The minimum absolute atomic E-state index is 0.132. The van der Waals surface area contributed by atoms with Crippen LogP contribution in [0, 0.1) is 6.92 Å². The van der Waals surface area contributed by atoms with Gasteiger partial charge in [-0.15, -0.1) is 0 Å². The van der Waals surface area contributed by atoms with E-state index < -0.39 is 0 Å². The fourth-order valence-corrected chi connectivity index (χ4v) is 4.08. The molecule has 0 radical (unpaired) electrons. The molecular formula is C26H30N4O3. The van der Waals surface area contributed by atoms with Crippen molar-refractivity contribution in [1.29, 1.82) is 0 Å². The average molecular weight is 447 g/mol. The van der Waals surface area contributed by atoms with E-state index in [0.717, 1.165) is 17.8 Å². The second kappa shape index (κ2) is 10.4. The Morgan fingerprint density at radius 1 is 1.00 bits per heavy atom. The van der Waals surface area contributed by atoms with Gasteiger partial charge in [0.05, 0.1) is 24.2 Å². The second-order valence-electron chi connectivity index (χ2n) is 8.31. The summed E-state index contributed by atoms with van der Waals surface area (Å²) < 4.78 is 6.72. The Hall–Kier alpha value is -3.45. The topological polar surface area (TPSA) is 76.5 Å². The van der Waals surface area contributed by atoms with Gasteiger partial charge in [-0.05, 0) is 75.2 Å². The van der Waals surface area contributed by atoms with Crippen LogP contribution in [-0.2, 0) is 17.8 Å². The van der Waals surface area contributed by atoms with Gasteiger partial charge in [0, 0.05) is 18.7 Å². The lowest BCUT2D eigenvalue weighted by molar-refractivity contribution is 0.0525. The van der Waals surface area contributed by atoms with E-state index in [-0.39, 0.29) is 11.9 Å². The van der Waals surface area contributed by atoms with Crippen molar-refractivity contribution < 1.29 is 14.3 Å². The Labute approximate surface area is 194 Å². The van der Waals surface area contributed by atoms with E-state index in [0.29, 0.717) is 30.0 Å². The van der Waals surface area contributed by atoms with Gasteiger partial charge in [-0.1, -0.05) is 24.3 Å². The molecule has 1 N–H and O–H groups in total. The first-order valence-corrected chi connectivity index (χ1v) is 11.5. The van der Waals surface area contributed by atoms with Crippen LogP contribution in [0.15, 0.2) is 54.7 Å². The highest BCUT2D eigenvalue weighted by atomic mass is 16.5. The maximum atomic E-state index is 12.6. The molecule has 0 aliphatic carbocycles. The highest BCUT2D eigenvalue weighted by Crippen LogP contribution is 2.17. The summed E-state index contributed by atoms with van der Waals surface area (Å²) in [6.45, 7) is 7.74. The third-order valence-corrected chi connectivity index (χ3v) is 5.96. The van der Waals surface area contributed by atoms with Crippen LogP contribution < -0.4 is 5.32 Å². The van der Waals surface area contributed by atoms with Gasteiger partial charge in [0.25, 0.3) is 5.91 Å². The molecular weight excluding hydrogens is 416 g/mol. The lowest BCUT2D eigenvalue weighted by Gasteiger charge is -2.14. The van der Waals surface area contributed by atoms with E-state index in [4.69, 9.17) is 4.74 Å². The highest BCUT2D eigenvalue weighted by Gasteiger charge is 2.16. The monoisotopic (exact) mass is 446 g/mol. The molecule has 0 spiro atoms. The van der Waals surface area contributed by atoms with Gasteiger partial charge < -0.3 is 10.1 Å². The molecule has 1 saturated heterocycles. The molecule has 7 heteroatoms. The molecule has 1 fully saturated rings. The molecule has 33 heavy (non-hydrogen) atoms. The molecule has 0 unspecified atom stereocenters. The van der Waals surface area contributed by atoms with E-state index in [1.807, 2.05) is 19.1 Å². The zero-order chi connectivity index (χ0) is 23.2. The fraction of sp³-hybridized carbons (Fsp3) is 0.346. The van der Waals surface area contributed by atoms with E-state index in [2.05, 4.69) is 39.6 Å². The summed E-state index contributed by atoms with van der Waals surface area (Å²) >= 11 is 0. The number of nitrogens with zero attached hydrogens (tertiary/aromatic N) is 3. The SMILES string of the molecule is CCOC(=O)c1cnn(-c2ccc(C(=O)NCc3ccc(CN4CCCC4)cc3)cc2)c1C. The van der Waals surface area contributed by atoms with Crippen LogP contribution in [0.1, 0.15) is 57.3 Å². The van der Waals surface area contributed by atoms with Gasteiger partial charge in [0.1, 0.15) is 5.56 Å². The molecule has 2 aromatic carbocycles. The number of aromatic nitrogens is 2. The average Bonchev–Trinajstić information content (AvgIpc) is 3.48. The van der Waals surface area contributed by atoms with Crippen molar-refractivity contribution in [2.45, 2.75) is 39.8 Å². The van der Waals surface area contributed by atoms with Crippen molar-refractivity contribution in [3.63, 3.8) is 0 Å². The highest BCUT2D eigenvalue weighted by molar-refractivity contribution is 5.94. The van der Waals surface area contributed by atoms with Gasteiger partial charge in [-0.2, -0.15) is 5.10 Å². The van der Waals surface area contributed by atoms with Crippen LogP contribution in [0.4, 0.5) is 0 Å². The van der Waals surface area contributed by atoms with Gasteiger partial charge in [0.15, 0.2) is 0 Å². The maximum Gasteiger partial charge on any atom is 0.341 e. The molecule has 0 atom stereocenters. The first-order valence-electron chi connectivity index (χ1n) is 11.5. The molecule has 7 nitrogen and oxygen atoms in total. The lowest BCUT2D eigenvalue weighted by Crippen LogP contribution is -2.23. The van der Waals surface area contributed by atoms with Gasteiger partial charge in [0.2, 0.25) is 0 Å². The molecule has 1 amide bonds. The number of rotatable bonds is 8. The molecule has 1 aromatic heterocycles. The summed E-state index contributed by atoms with van der Waals surface area (Å²) in [5.41, 5.74) is 4.85. The fourth-order valence-electron chi connectivity index (χ4n) is 4.08. The van der Waals surface area contributed by atoms with Crippen LogP contribution in [-0.4, -0.2) is 46.3 Å². The number of benzene rings is 2. The summed E-state index contributed by atoms with van der Waals surface area (Å²) in [5, 5.41) is 7.27. The van der Waals surface area contributed by atoms with Crippen molar-refractivity contribution in [2.24, 2.45) is 0 Å². The third-order valence-electron chi connectivity index (χ3n) is 5.96. The van der Waals surface area contributed by atoms with Crippen LogP contribution in [0.25, 0.3) is 5.69 Å². The number of ether oxygens (including phenoxy) is 1. The molecule has 0 bridgehead atoms. The van der Waals surface area contributed by atoms with Crippen LogP contribution in [0.3, 0.4) is 0 Å². The summed E-state index contributed by atoms with van der Waals surface area (Å²) in [6.07, 6.45) is 4.09. The maximum absolute atomic E-state index is 12.6. The standard InChI is InChI=1S/C26H30N4O3/c1-3-33-26(32)24-17-28-30(19(24)2)23-12-10-22(11-13-23)25(31)27-16-20-6-8-21(9-7-20)18-29-14-4-5-15-29/h6-13,17H,3-5,14-16,18H2,1-2H3,(H,27,31). The van der Waals surface area contributed by atoms with Gasteiger partial charge in [-0.3, -0.25) is 9.69 Å². The third kappa shape index (κ3) is 5.49. The first-order chi connectivity index (χ1) is 16.0. The summed E-state index contributed by atoms with van der Waals surface area (Å²) in [7, 11) is 0. The van der Waals surface area contributed by atoms with Crippen molar-refractivity contribution in [3.8, 4) is 5.69 Å². The quantitative estimate of drug-likeness (QED) is 0.532. The smallest absolute Gasteiger partial charge is 0.341 e. The number of carbonyl (C=O) groups excluding carboxylic acids is 2. The van der Waals surface area contributed by atoms with E-state index in [1.54, 1.807) is 23.7 Å². The van der Waals surface area contributed by atoms with E-state index in [9.17, 15) is 9.59 Å². The minimum atomic E-state index is -0.388. The van der Waals surface area contributed by atoms with Crippen LogP contribution in [0.5, 0.6) is 0 Å². The largest absolute Gasteiger partial charge is 0.462 e. The van der Waals surface area contributed by atoms with Gasteiger partial charge in [-0.25, -0.2) is 9.48 Å². The number of hydrogen-bond donors (Lipinski definition) is 1.